The van der Waals surface area contributed by atoms with Gasteiger partial charge in [0.05, 0.1) is 10.6 Å². The lowest BCUT2D eigenvalue weighted by molar-refractivity contribution is 0.102. The number of nitrogens with one attached hydrogen (secondary N) is 1. The highest BCUT2D eigenvalue weighted by molar-refractivity contribution is 6.34. The van der Waals surface area contributed by atoms with Crippen molar-refractivity contribution in [3.63, 3.8) is 0 Å². The van der Waals surface area contributed by atoms with E-state index in [9.17, 15) is 9.18 Å². The molecule has 0 aromatic heterocycles. The second-order valence-electron chi connectivity index (χ2n) is 3.42. The third-order valence-electron chi connectivity index (χ3n) is 2.22. The Morgan fingerprint density at radius 1 is 1.06 bits per heavy atom. The molecule has 0 fully saturated rings. The molecule has 17 heavy (non-hydrogen) atoms. The zero-order valence-electron chi connectivity index (χ0n) is 8.78. The number of benzene rings is 2. The highest BCUT2D eigenvalue weighted by Gasteiger charge is 2.15. The van der Waals surface area contributed by atoms with E-state index in [4.69, 9.17) is 11.6 Å². The summed E-state index contributed by atoms with van der Waals surface area (Å²) < 4.78 is 13.5. The van der Waals surface area contributed by atoms with Crippen LogP contribution < -0.4 is 5.32 Å². The molecule has 2 nitrogen and oxygen atoms in total. The third-order valence-corrected chi connectivity index (χ3v) is 2.54. The molecular formula is C13H9ClFNO. The largest absolute Gasteiger partial charge is 0.322 e. The zero-order valence-corrected chi connectivity index (χ0v) is 9.54. The summed E-state index contributed by atoms with van der Waals surface area (Å²) in [6.45, 7) is 0. The van der Waals surface area contributed by atoms with Gasteiger partial charge in [0, 0.05) is 5.69 Å². The molecule has 4 heteroatoms. The summed E-state index contributed by atoms with van der Waals surface area (Å²) in [5.74, 6) is -1.19. The number of hydrogen-bond donors (Lipinski definition) is 1. The fraction of sp³-hybridized carbons (Fsp3) is 0. The lowest BCUT2D eigenvalue weighted by atomic mass is 10.2. The van der Waals surface area contributed by atoms with E-state index >= 15 is 0 Å². The third kappa shape index (κ3) is 2.63. The van der Waals surface area contributed by atoms with Crippen LogP contribution in [-0.2, 0) is 0 Å². The van der Waals surface area contributed by atoms with Crippen LogP contribution in [0.25, 0.3) is 0 Å². The molecule has 2 rings (SSSR count). The maximum atomic E-state index is 13.5. The van der Waals surface area contributed by atoms with Crippen molar-refractivity contribution in [2.75, 3.05) is 5.32 Å². The number of halogens is 2. The van der Waals surface area contributed by atoms with Gasteiger partial charge in [-0.25, -0.2) is 4.39 Å². The van der Waals surface area contributed by atoms with Crippen molar-refractivity contribution in [3.05, 3.63) is 64.9 Å². The predicted octanol–water partition coefficient (Wildman–Crippen LogP) is 3.73. The van der Waals surface area contributed by atoms with Crippen LogP contribution in [0.5, 0.6) is 0 Å². The van der Waals surface area contributed by atoms with Gasteiger partial charge in [-0.15, -0.1) is 0 Å². The molecule has 0 saturated carbocycles. The molecule has 0 aliphatic heterocycles. The predicted molar refractivity (Wildman–Crippen MR) is 65.8 cm³/mol. The Morgan fingerprint density at radius 3 is 2.41 bits per heavy atom. The Morgan fingerprint density at radius 2 is 1.76 bits per heavy atom. The second kappa shape index (κ2) is 4.97. The minimum atomic E-state index is -0.633. The molecule has 0 heterocycles. The summed E-state index contributed by atoms with van der Waals surface area (Å²) in [6, 6.07) is 12.9. The molecular weight excluding hydrogens is 241 g/mol. The maximum Gasteiger partial charge on any atom is 0.260 e. The van der Waals surface area contributed by atoms with Gasteiger partial charge in [-0.3, -0.25) is 4.79 Å². The quantitative estimate of drug-likeness (QED) is 0.863. The van der Waals surface area contributed by atoms with Crippen molar-refractivity contribution >= 4 is 23.2 Å². The average molecular weight is 250 g/mol. The Kier molecular flexibility index (Phi) is 3.40. The minimum Gasteiger partial charge on any atom is -0.322 e. The number of amides is 1. The van der Waals surface area contributed by atoms with Gasteiger partial charge in [-0.2, -0.15) is 0 Å². The summed E-state index contributed by atoms with van der Waals surface area (Å²) in [5, 5.41) is 2.67. The Hall–Kier alpha value is -1.87. The fourth-order valence-electron chi connectivity index (χ4n) is 1.43. The van der Waals surface area contributed by atoms with Crippen LogP contribution in [0, 0.1) is 5.82 Å². The van der Waals surface area contributed by atoms with Crippen molar-refractivity contribution in [1.82, 2.24) is 0 Å². The standard InChI is InChI=1S/C13H9ClFNO/c14-10-7-4-8-11(15)12(10)13(17)16-9-5-2-1-3-6-9/h1-8H,(H,16,17). The van der Waals surface area contributed by atoms with Crippen molar-refractivity contribution < 1.29 is 9.18 Å². The fourth-order valence-corrected chi connectivity index (χ4v) is 1.68. The summed E-state index contributed by atoms with van der Waals surface area (Å²) in [6.07, 6.45) is 0. The molecule has 0 atom stereocenters. The van der Waals surface area contributed by atoms with E-state index in [0.717, 1.165) is 0 Å². The highest BCUT2D eigenvalue weighted by atomic mass is 35.5. The van der Waals surface area contributed by atoms with E-state index in [1.54, 1.807) is 24.3 Å². The van der Waals surface area contributed by atoms with Gasteiger partial charge in [0.15, 0.2) is 0 Å². The number of anilines is 1. The average Bonchev–Trinajstić information content (AvgIpc) is 2.30. The van der Waals surface area contributed by atoms with Crippen LogP contribution in [0.1, 0.15) is 10.4 Å². The van der Waals surface area contributed by atoms with Crippen LogP contribution in [0.3, 0.4) is 0 Å². The van der Waals surface area contributed by atoms with Crippen molar-refractivity contribution in [2.24, 2.45) is 0 Å². The van der Waals surface area contributed by atoms with E-state index in [1.165, 1.54) is 18.2 Å². The smallest absolute Gasteiger partial charge is 0.260 e. The Labute approximate surface area is 103 Å². The molecule has 0 aliphatic rings. The van der Waals surface area contributed by atoms with Gasteiger partial charge in [-0.1, -0.05) is 35.9 Å². The van der Waals surface area contributed by atoms with Gasteiger partial charge in [0.2, 0.25) is 0 Å². The molecule has 2 aromatic carbocycles. The molecule has 0 radical (unpaired) electrons. The van der Waals surface area contributed by atoms with Gasteiger partial charge in [0.1, 0.15) is 5.82 Å². The summed E-state index contributed by atoms with van der Waals surface area (Å²) in [5.41, 5.74) is 0.454. The number of para-hydroxylation sites is 1. The molecule has 0 saturated heterocycles. The van der Waals surface area contributed by atoms with Gasteiger partial charge in [0.25, 0.3) is 5.91 Å². The first-order valence-electron chi connectivity index (χ1n) is 4.99. The van der Waals surface area contributed by atoms with E-state index in [0.29, 0.717) is 5.69 Å². The molecule has 0 aliphatic carbocycles. The summed E-state index contributed by atoms with van der Waals surface area (Å²) in [7, 11) is 0. The van der Waals surface area contributed by atoms with E-state index in [2.05, 4.69) is 5.32 Å². The van der Waals surface area contributed by atoms with E-state index in [1.807, 2.05) is 6.07 Å². The molecule has 1 amide bonds. The van der Waals surface area contributed by atoms with Gasteiger partial charge >= 0.3 is 0 Å². The van der Waals surface area contributed by atoms with Crippen LogP contribution in [0.4, 0.5) is 10.1 Å². The first-order valence-corrected chi connectivity index (χ1v) is 5.36. The Bertz CT molecular complexity index is 522. The first kappa shape index (κ1) is 11.6. The number of carbonyl (C=O) groups excluding carboxylic acids is 1. The molecule has 0 bridgehead atoms. The molecule has 0 unspecified atom stereocenters. The highest BCUT2D eigenvalue weighted by Crippen LogP contribution is 2.20. The van der Waals surface area contributed by atoms with Crippen LogP contribution in [-0.4, -0.2) is 5.91 Å². The normalized spacial score (nSPS) is 10.0. The molecule has 2 aromatic rings. The lowest BCUT2D eigenvalue weighted by Gasteiger charge is -2.07. The number of carbonyl (C=O) groups is 1. The van der Waals surface area contributed by atoms with Crippen molar-refractivity contribution in [3.8, 4) is 0 Å². The topological polar surface area (TPSA) is 29.1 Å². The summed E-state index contributed by atoms with van der Waals surface area (Å²) in [4.78, 5) is 11.8. The van der Waals surface area contributed by atoms with Gasteiger partial charge < -0.3 is 5.32 Å². The molecule has 0 spiro atoms. The van der Waals surface area contributed by atoms with Crippen LogP contribution >= 0.6 is 11.6 Å². The molecule has 1 N–H and O–H groups in total. The molecule has 86 valence electrons. The van der Waals surface area contributed by atoms with Crippen molar-refractivity contribution in [1.29, 1.82) is 0 Å². The van der Waals surface area contributed by atoms with Gasteiger partial charge in [-0.05, 0) is 24.3 Å². The lowest BCUT2D eigenvalue weighted by Crippen LogP contribution is -2.14. The second-order valence-corrected chi connectivity index (χ2v) is 3.82. The SMILES string of the molecule is O=C(Nc1ccccc1)c1c(F)cccc1Cl. The van der Waals surface area contributed by atoms with Crippen LogP contribution in [0.2, 0.25) is 5.02 Å². The van der Waals surface area contributed by atoms with E-state index < -0.39 is 11.7 Å². The van der Waals surface area contributed by atoms with Crippen molar-refractivity contribution in [2.45, 2.75) is 0 Å². The summed E-state index contributed by atoms with van der Waals surface area (Å²) >= 11 is 5.79. The maximum absolute atomic E-state index is 13.5. The van der Waals surface area contributed by atoms with E-state index in [-0.39, 0.29) is 10.6 Å². The minimum absolute atomic E-state index is 0.0958. The van der Waals surface area contributed by atoms with Crippen LogP contribution in [0.15, 0.2) is 48.5 Å². The number of rotatable bonds is 2. The monoisotopic (exact) mass is 249 g/mol. The Balaban J connectivity index is 2.27. The first-order chi connectivity index (χ1) is 8.18. The zero-order chi connectivity index (χ0) is 12.3. The number of hydrogen-bond acceptors (Lipinski definition) is 1.